The molecule has 1 aliphatic carbocycles. The Labute approximate surface area is 151 Å². The van der Waals surface area contributed by atoms with Gasteiger partial charge in [-0.1, -0.05) is 41.9 Å². The SMILES string of the molecule is O=C(/C=C/c1ccccc1Cl)NCc1cccc(NC(=O)C2CC2)c1. The lowest BCUT2D eigenvalue weighted by Crippen LogP contribution is -2.20. The van der Waals surface area contributed by atoms with E-state index in [-0.39, 0.29) is 17.7 Å². The van der Waals surface area contributed by atoms with E-state index in [1.54, 1.807) is 12.1 Å². The molecule has 5 heteroatoms. The molecule has 3 rings (SSSR count). The van der Waals surface area contributed by atoms with Gasteiger partial charge in [0.05, 0.1) is 0 Å². The number of anilines is 1. The molecule has 0 aliphatic heterocycles. The molecule has 128 valence electrons. The van der Waals surface area contributed by atoms with E-state index in [0.717, 1.165) is 29.7 Å². The van der Waals surface area contributed by atoms with E-state index >= 15 is 0 Å². The Bertz CT molecular complexity index is 813. The van der Waals surface area contributed by atoms with Crippen LogP contribution in [0.2, 0.25) is 5.02 Å². The van der Waals surface area contributed by atoms with Crippen molar-refractivity contribution in [3.63, 3.8) is 0 Å². The van der Waals surface area contributed by atoms with Gasteiger partial charge >= 0.3 is 0 Å². The highest BCUT2D eigenvalue weighted by molar-refractivity contribution is 6.32. The quantitative estimate of drug-likeness (QED) is 0.770. The van der Waals surface area contributed by atoms with E-state index in [1.165, 1.54) is 6.08 Å². The minimum Gasteiger partial charge on any atom is -0.348 e. The van der Waals surface area contributed by atoms with Crippen LogP contribution in [0.5, 0.6) is 0 Å². The smallest absolute Gasteiger partial charge is 0.244 e. The van der Waals surface area contributed by atoms with Crippen LogP contribution in [0, 0.1) is 5.92 Å². The molecule has 4 nitrogen and oxygen atoms in total. The first-order valence-corrected chi connectivity index (χ1v) is 8.60. The Morgan fingerprint density at radius 2 is 1.92 bits per heavy atom. The molecule has 1 aliphatic rings. The number of nitrogens with one attached hydrogen (secondary N) is 2. The lowest BCUT2D eigenvalue weighted by molar-refractivity contribution is -0.117. The fourth-order valence-corrected chi connectivity index (χ4v) is 2.57. The molecule has 0 aromatic heterocycles. The molecule has 0 atom stereocenters. The zero-order valence-electron chi connectivity index (χ0n) is 13.7. The van der Waals surface area contributed by atoms with E-state index in [2.05, 4.69) is 10.6 Å². The third-order valence-electron chi connectivity index (χ3n) is 3.93. The highest BCUT2D eigenvalue weighted by Gasteiger charge is 2.29. The van der Waals surface area contributed by atoms with Gasteiger partial charge < -0.3 is 10.6 Å². The summed E-state index contributed by atoms with van der Waals surface area (Å²) in [7, 11) is 0. The molecule has 2 aromatic rings. The van der Waals surface area contributed by atoms with Gasteiger partial charge in [0.1, 0.15) is 0 Å². The van der Waals surface area contributed by atoms with Gasteiger partial charge in [-0.25, -0.2) is 0 Å². The van der Waals surface area contributed by atoms with Crippen molar-refractivity contribution in [3.05, 3.63) is 70.8 Å². The second-order valence-electron chi connectivity index (χ2n) is 6.04. The van der Waals surface area contributed by atoms with Gasteiger partial charge in [-0.2, -0.15) is 0 Å². The monoisotopic (exact) mass is 354 g/mol. The van der Waals surface area contributed by atoms with Crippen molar-refractivity contribution in [2.45, 2.75) is 19.4 Å². The van der Waals surface area contributed by atoms with Gasteiger partial charge in [0.2, 0.25) is 11.8 Å². The maximum Gasteiger partial charge on any atom is 0.244 e. The molecule has 0 heterocycles. The average molecular weight is 355 g/mol. The molecule has 2 N–H and O–H groups in total. The molecule has 1 fully saturated rings. The fraction of sp³-hybridized carbons (Fsp3) is 0.200. The van der Waals surface area contributed by atoms with Crippen LogP contribution in [0.4, 0.5) is 5.69 Å². The molecular weight excluding hydrogens is 336 g/mol. The van der Waals surface area contributed by atoms with Crippen LogP contribution in [-0.4, -0.2) is 11.8 Å². The topological polar surface area (TPSA) is 58.2 Å². The van der Waals surface area contributed by atoms with Gasteiger partial charge in [0.25, 0.3) is 0 Å². The van der Waals surface area contributed by atoms with Crippen molar-refractivity contribution in [3.8, 4) is 0 Å². The van der Waals surface area contributed by atoms with Crippen molar-refractivity contribution < 1.29 is 9.59 Å². The molecule has 0 radical (unpaired) electrons. The number of amides is 2. The fourth-order valence-electron chi connectivity index (χ4n) is 2.37. The van der Waals surface area contributed by atoms with Crippen LogP contribution >= 0.6 is 11.6 Å². The summed E-state index contributed by atoms with van der Waals surface area (Å²) in [5.41, 5.74) is 2.48. The second-order valence-corrected chi connectivity index (χ2v) is 6.44. The maximum absolute atomic E-state index is 12.0. The Kier molecular flexibility index (Phi) is 5.51. The summed E-state index contributed by atoms with van der Waals surface area (Å²) >= 11 is 6.05. The molecule has 25 heavy (non-hydrogen) atoms. The maximum atomic E-state index is 12.0. The first-order valence-electron chi connectivity index (χ1n) is 8.22. The van der Waals surface area contributed by atoms with E-state index < -0.39 is 0 Å². The van der Waals surface area contributed by atoms with E-state index in [0.29, 0.717) is 11.6 Å². The molecule has 1 saturated carbocycles. The summed E-state index contributed by atoms with van der Waals surface area (Å²) in [5, 5.41) is 6.33. The highest BCUT2D eigenvalue weighted by Crippen LogP contribution is 2.30. The van der Waals surface area contributed by atoms with Crippen LogP contribution in [0.1, 0.15) is 24.0 Å². The predicted molar refractivity (Wildman–Crippen MR) is 100 cm³/mol. The number of carbonyl (C=O) groups excluding carboxylic acids is 2. The molecule has 0 bridgehead atoms. The summed E-state index contributed by atoms with van der Waals surface area (Å²) in [6, 6.07) is 14.8. The van der Waals surface area contributed by atoms with Crippen LogP contribution in [0.25, 0.3) is 6.08 Å². The number of carbonyl (C=O) groups is 2. The third kappa shape index (κ3) is 5.19. The summed E-state index contributed by atoms with van der Waals surface area (Å²) in [6.45, 7) is 0.388. The third-order valence-corrected chi connectivity index (χ3v) is 4.27. The molecule has 2 aromatic carbocycles. The Morgan fingerprint density at radius 1 is 1.12 bits per heavy atom. The van der Waals surface area contributed by atoms with Crippen molar-refractivity contribution in [2.75, 3.05) is 5.32 Å². The molecule has 2 amide bonds. The largest absolute Gasteiger partial charge is 0.348 e. The lowest BCUT2D eigenvalue weighted by Gasteiger charge is -2.07. The van der Waals surface area contributed by atoms with Gasteiger partial charge in [-0.3, -0.25) is 9.59 Å². The molecular formula is C20H19ClN2O2. The number of hydrogen-bond donors (Lipinski definition) is 2. The zero-order chi connectivity index (χ0) is 17.6. The Morgan fingerprint density at radius 3 is 2.68 bits per heavy atom. The summed E-state index contributed by atoms with van der Waals surface area (Å²) in [4.78, 5) is 23.7. The Hall–Kier alpha value is -2.59. The van der Waals surface area contributed by atoms with E-state index in [9.17, 15) is 9.59 Å². The van der Waals surface area contributed by atoms with Crippen LogP contribution in [0.15, 0.2) is 54.6 Å². The number of benzene rings is 2. The molecule has 0 unspecified atom stereocenters. The predicted octanol–water partition coefficient (Wildman–Crippen LogP) is 4.02. The van der Waals surface area contributed by atoms with Crippen molar-refractivity contribution in [1.82, 2.24) is 5.32 Å². The van der Waals surface area contributed by atoms with Gasteiger partial charge in [-0.05, 0) is 48.2 Å². The lowest BCUT2D eigenvalue weighted by atomic mass is 10.2. The normalized spacial score (nSPS) is 13.6. The molecule has 0 spiro atoms. The van der Waals surface area contributed by atoms with Crippen molar-refractivity contribution >= 4 is 35.2 Å². The summed E-state index contributed by atoms with van der Waals surface area (Å²) in [6.07, 6.45) is 5.09. The van der Waals surface area contributed by atoms with Crippen LogP contribution in [-0.2, 0) is 16.1 Å². The highest BCUT2D eigenvalue weighted by atomic mass is 35.5. The van der Waals surface area contributed by atoms with Gasteiger partial charge in [0.15, 0.2) is 0 Å². The van der Waals surface area contributed by atoms with Crippen molar-refractivity contribution in [2.24, 2.45) is 5.92 Å². The van der Waals surface area contributed by atoms with Gasteiger partial charge in [0, 0.05) is 29.2 Å². The summed E-state index contributed by atoms with van der Waals surface area (Å²) < 4.78 is 0. The molecule has 0 saturated heterocycles. The first kappa shape index (κ1) is 17.2. The first-order chi connectivity index (χ1) is 12.1. The van der Waals surface area contributed by atoms with Crippen LogP contribution in [0.3, 0.4) is 0 Å². The average Bonchev–Trinajstić information content (AvgIpc) is 3.45. The number of halogens is 1. The number of hydrogen-bond acceptors (Lipinski definition) is 2. The van der Waals surface area contributed by atoms with Crippen molar-refractivity contribution in [1.29, 1.82) is 0 Å². The van der Waals surface area contributed by atoms with Gasteiger partial charge in [-0.15, -0.1) is 0 Å². The zero-order valence-corrected chi connectivity index (χ0v) is 14.4. The summed E-state index contributed by atoms with van der Waals surface area (Å²) in [5.74, 6) is 0.0366. The van der Waals surface area contributed by atoms with E-state index in [4.69, 9.17) is 11.6 Å². The minimum absolute atomic E-state index is 0.0730. The second kappa shape index (κ2) is 7.99. The van der Waals surface area contributed by atoms with Crippen LogP contribution < -0.4 is 10.6 Å². The Balaban J connectivity index is 1.53. The van der Waals surface area contributed by atoms with E-state index in [1.807, 2.05) is 42.5 Å². The minimum atomic E-state index is -0.202. The number of rotatable bonds is 6. The standard InChI is InChI=1S/C20H19ClN2O2/c21-18-7-2-1-5-15(18)10-11-19(24)22-13-14-4-3-6-17(12-14)23-20(25)16-8-9-16/h1-7,10-12,16H,8-9,13H2,(H,22,24)(H,23,25)/b11-10+.